The Morgan fingerprint density at radius 3 is 2.35 bits per heavy atom. The van der Waals surface area contributed by atoms with Crippen LogP contribution in [-0.4, -0.2) is 22.8 Å². The van der Waals surface area contributed by atoms with Crippen LogP contribution in [0.1, 0.15) is 21.5 Å². The van der Waals surface area contributed by atoms with Crippen molar-refractivity contribution in [3.8, 4) is 17.0 Å². The van der Waals surface area contributed by atoms with Crippen LogP contribution in [0.4, 0.5) is 0 Å². The van der Waals surface area contributed by atoms with E-state index in [1.807, 2.05) is 84.9 Å². The minimum Gasteiger partial charge on any atom is -0.497 e. The SMILES string of the molecule is COc1cccc(-c2nn(Cc3ccccc3)cc2C(=O)NOCc2ccccc2)c1. The lowest BCUT2D eigenvalue weighted by Crippen LogP contribution is -2.23. The average molecular weight is 413 g/mol. The Balaban J connectivity index is 1.58. The Hall–Kier alpha value is -3.90. The van der Waals surface area contributed by atoms with E-state index in [2.05, 4.69) is 10.6 Å². The van der Waals surface area contributed by atoms with Gasteiger partial charge in [0.1, 0.15) is 11.4 Å². The molecule has 0 atom stereocenters. The number of carbonyl (C=O) groups is 1. The Bertz CT molecular complexity index is 1140. The lowest BCUT2D eigenvalue weighted by atomic mass is 10.1. The van der Waals surface area contributed by atoms with Gasteiger partial charge in [0.25, 0.3) is 5.91 Å². The van der Waals surface area contributed by atoms with Gasteiger partial charge in [0.05, 0.1) is 25.8 Å². The van der Waals surface area contributed by atoms with Crippen LogP contribution in [0, 0.1) is 0 Å². The van der Waals surface area contributed by atoms with Gasteiger partial charge in [-0.25, -0.2) is 5.48 Å². The summed E-state index contributed by atoms with van der Waals surface area (Å²) < 4.78 is 7.09. The molecule has 156 valence electrons. The summed E-state index contributed by atoms with van der Waals surface area (Å²) in [6.07, 6.45) is 1.74. The molecule has 0 unspecified atom stereocenters. The molecule has 1 amide bonds. The smallest absolute Gasteiger partial charge is 0.278 e. The molecule has 0 spiro atoms. The second-order valence-electron chi connectivity index (χ2n) is 7.01. The van der Waals surface area contributed by atoms with Crippen molar-refractivity contribution in [2.75, 3.05) is 7.11 Å². The zero-order chi connectivity index (χ0) is 21.5. The fourth-order valence-corrected chi connectivity index (χ4v) is 3.24. The first-order chi connectivity index (χ1) is 15.2. The van der Waals surface area contributed by atoms with Crippen LogP contribution < -0.4 is 10.2 Å². The van der Waals surface area contributed by atoms with Gasteiger partial charge in [-0.15, -0.1) is 0 Å². The number of rotatable bonds is 8. The summed E-state index contributed by atoms with van der Waals surface area (Å²) in [5.41, 5.74) is 6.38. The van der Waals surface area contributed by atoms with Gasteiger partial charge in [-0.05, 0) is 23.3 Å². The molecule has 4 rings (SSSR count). The average Bonchev–Trinajstić information content (AvgIpc) is 3.24. The maximum Gasteiger partial charge on any atom is 0.278 e. The highest BCUT2D eigenvalue weighted by Gasteiger charge is 2.19. The second-order valence-corrected chi connectivity index (χ2v) is 7.01. The molecule has 6 heteroatoms. The van der Waals surface area contributed by atoms with Gasteiger partial charge in [0, 0.05) is 11.8 Å². The van der Waals surface area contributed by atoms with E-state index in [-0.39, 0.29) is 12.5 Å². The number of carbonyl (C=O) groups excluding carboxylic acids is 1. The summed E-state index contributed by atoms with van der Waals surface area (Å²) >= 11 is 0. The first-order valence-corrected chi connectivity index (χ1v) is 9.95. The van der Waals surface area contributed by atoms with Crippen LogP contribution in [0.15, 0.2) is 91.1 Å². The lowest BCUT2D eigenvalue weighted by molar-refractivity contribution is 0.0234. The maximum absolute atomic E-state index is 12.9. The predicted octanol–water partition coefficient (Wildman–Crippen LogP) is 4.47. The first kappa shape index (κ1) is 20.4. The molecule has 0 saturated carbocycles. The molecule has 1 N–H and O–H groups in total. The van der Waals surface area contributed by atoms with Gasteiger partial charge < -0.3 is 4.74 Å². The number of nitrogens with one attached hydrogen (secondary N) is 1. The fourth-order valence-electron chi connectivity index (χ4n) is 3.24. The zero-order valence-electron chi connectivity index (χ0n) is 17.2. The van der Waals surface area contributed by atoms with Crippen LogP contribution >= 0.6 is 0 Å². The highest BCUT2D eigenvalue weighted by molar-refractivity contribution is 5.99. The number of hydrogen-bond acceptors (Lipinski definition) is 4. The third-order valence-corrected chi connectivity index (χ3v) is 4.78. The molecular formula is C25H23N3O3. The number of nitrogens with zero attached hydrogens (tertiary/aromatic N) is 2. The summed E-state index contributed by atoms with van der Waals surface area (Å²) in [5.74, 6) is 0.342. The third kappa shape index (κ3) is 5.18. The van der Waals surface area contributed by atoms with E-state index >= 15 is 0 Å². The van der Waals surface area contributed by atoms with Gasteiger partial charge in [-0.2, -0.15) is 5.10 Å². The number of methoxy groups -OCH3 is 1. The van der Waals surface area contributed by atoms with Crippen molar-refractivity contribution in [3.63, 3.8) is 0 Å². The van der Waals surface area contributed by atoms with Gasteiger partial charge in [-0.1, -0.05) is 72.8 Å². The number of hydrogen-bond donors (Lipinski definition) is 1. The van der Waals surface area contributed by atoms with E-state index in [0.29, 0.717) is 23.6 Å². The predicted molar refractivity (Wildman–Crippen MR) is 118 cm³/mol. The quantitative estimate of drug-likeness (QED) is 0.433. The molecule has 0 aliphatic heterocycles. The third-order valence-electron chi connectivity index (χ3n) is 4.78. The normalized spacial score (nSPS) is 10.6. The molecule has 1 aromatic heterocycles. The van der Waals surface area contributed by atoms with Crippen molar-refractivity contribution in [3.05, 3.63) is 108 Å². The van der Waals surface area contributed by atoms with Gasteiger partial charge >= 0.3 is 0 Å². The Morgan fingerprint density at radius 1 is 0.935 bits per heavy atom. The molecule has 1 heterocycles. The topological polar surface area (TPSA) is 65.4 Å². The summed E-state index contributed by atoms with van der Waals surface area (Å²) in [6, 6.07) is 27.1. The molecule has 0 aliphatic carbocycles. The summed E-state index contributed by atoms with van der Waals surface area (Å²) in [4.78, 5) is 18.4. The lowest BCUT2D eigenvalue weighted by Gasteiger charge is -2.07. The Morgan fingerprint density at radius 2 is 1.65 bits per heavy atom. The van der Waals surface area contributed by atoms with Gasteiger partial charge in [0.2, 0.25) is 0 Å². The number of ether oxygens (including phenoxy) is 1. The molecular weight excluding hydrogens is 390 g/mol. The van der Waals surface area contributed by atoms with Crippen molar-refractivity contribution in [2.24, 2.45) is 0 Å². The number of benzene rings is 3. The summed E-state index contributed by atoms with van der Waals surface area (Å²) in [5, 5.41) is 4.68. The molecule has 0 fully saturated rings. The van der Waals surface area contributed by atoms with E-state index < -0.39 is 0 Å². The van der Waals surface area contributed by atoms with Crippen LogP contribution in [0.3, 0.4) is 0 Å². The Labute approximate surface area is 181 Å². The van der Waals surface area contributed by atoms with Gasteiger partial charge in [-0.3, -0.25) is 14.3 Å². The fraction of sp³-hybridized carbons (Fsp3) is 0.120. The molecule has 31 heavy (non-hydrogen) atoms. The number of aromatic nitrogens is 2. The molecule has 0 saturated heterocycles. The van der Waals surface area contributed by atoms with Crippen LogP contribution in [0.2, 0.25) is 0 Å². The van der Waals surface area contributed by atoms with E-state index in [9.17, 15) is 4.79 Å². The minimum absolute atomic E-state index is 0.277. The zero-order valence-corrected chi connectivity index (χ0v) is 17.2. The highest BCUT2D eigenvalue weighted by Crippen LogP contribution is 2.26. The van der Waals surface area contributed by atoms with E-state index in [0.717, 1.165) is 16.7 Å². The van der Waals surface area contributed by atoms with E-state index in [1.165, 1.54) is 0 Å². The standard InChI is InChI=1S/C25H23N3O3/c1-30-22-14-8-13-21(15-22)24-23(17-28(26-24)16-19-9-4-2-5-10-19)25(29)27-31-18-20-11-6-3-7-12-20/h2-15,17H,16,18H2,1H3,(H,27,29). The maximum atomic E-state index is 12.9. The number of amides is 1. The highest BCUT2D eigenvalue weighted by atomic mass is 16.6. The number of hydroxylamine groups is 1. The molecule has 0 bridgehead atoms. The second kappa shape index (κ2) is 9.73. The molecule has 0 radical (unpaired) electrons. The Kier molecular flexibility index (Phi) is 6.40. The van der Waals surface area contributed by atoms with Crippen molar-refractivity contribution in [2.45, 2.75) is 13.2 Å². The van der Waals surface area contributed by atoms with Crippen LogP contribution in [-0.2, 0) is 18.0 Å². The summed E-state index contributed by atoms with van der Waals surface area (Å²) in [6.45, 7) is 0.829. The van der Waals surface area contributed by atoms with E-state index in [4.69, 9.17) is 9.57 Å². The van der Waals surface area contributed by atoms with E-state index in [1.54, 1.807) is 18.0 Å². The monoisotopic (exact) mass is 413 g/mol. The summed E-state index contributed by atoms with van der Waals surface area (Å²) in [7, 11) is 1.61. The first-order valence-electron chi connectivity index (χ1n) is 9.95. The molecule has 6 nitrogen and oxygen atoms in total. The molecule has 4 aromatic rings. The molecule has 0 aliphatic rings. The van der Waals surface area contributed by atoms with Crippen molar-refractivity contribution < 1.29 is 14.4 Å². The van der Waals surface area contributed by atoms with Crippen molar-refractivity contribution in [1.82, 2.24) is 15.3 Å². The molecule has 3 aromatic carbocycles. The van der Waals surface area contributed by atoms with Gasteiger partial charge in [0.15, 0.2) is 0 Å². The van der Waals surface area contributed by atoms with Crippen molar-refractivity contribution in [1.29, 1.82) is 0 Å². The minimum atomic E-state index is -0.354. The largest absolute Gasteiger partial charge is 0.497 e. The van der Waals surface area contributed by atoms with Crippen LogP contribution in [0.5, 0.6) is 5.75 Å². The van der Waals surface area contributed by atoms with Crippen LogP contribution in [0.25, 0.3) is 11.3 Å². The van der Waals surface area contributed by atoms with Crippen molar-refractivity contribution >= 4 is 5.91 Å².